The van der Waals surface area contributed by atoms with Crippen molar-refractivity contribution in [3.63, 3.8) is 0 Å². The van der Waals surface area contributed by atoms with Crippen LogP contribution in [0, 0.1) is 0 Å². The van der Waals surface area contributed by atoms with Gasteiger partial charge in [-0.15, -0.1) is 0 Å². The number of carbonyl (C=O) groups excluding carboxylic acids is 1. The van der Waals surface area contributed by atoms with E-state index >= 15 is 0 Å². The molecule has 0 bridgehead atoms. The topological polar surface area (TPSA) is 46.5 Å². The van der Waals surface area contributed by atoms with Crippen LogP contribution < -0.4 is 4.74 Å². The summed E-state index contributed by atoms with van der Waals surface area (Å²) in [4.78, 5) is 12.4. The Hall–Kier alpha value is -1.35. The Kier molecular flexibility index (Phi) is 2.26. The minimum absolute atomic E-state index is 0.0335. The molecule has 1 fully saturated rings. The molecule has 90 valence electrons. The Morgan fingerprint density at radius 2 is 2.24 bits per heavy atom. The Morgan fingerprint density at radius 3 is 3.00 bits per heavy atom. The minimum atomic E-state index is -1.17. The van der Waals surface area contributed by atoms with Crippen molar-refractivity contribution in [3.05, 3.63) is 29.3 Å². The maximum Gasteiger partial charge on any atom is 0.198 e. The zero-order valence-electron chi connectivity index (χ0n) is 9.90. The van der Waals surface area contributed by atoms with Gasteiger partial charge in [0.15, 0.2) is 5.78 Å². The third kappa shape index (κ3) is 1.29. The Bertz CT molecular complexity index is 480. The van der Waals surface area contributed by atoms with E-state index in [-0.39, 0.29) is 11.7 Å². The van der Waals surface area contributed by atoms with Crippen molar-refractivity contribution in [1.82, 2.24) is 0 Å². The van der Waals surface area contributed by atoms with Crippen LogP contribution in [0.25, 0.3) is 0 Å². The van der Waals surface area contributed by atoms with Gasteiger partial charge in [-0.05, 0) is 24.5 Å². The zero-order chi connectivity index (χ0) is 12.0. The van der Waals surface area contributed by atoms with Crippen LogP contribution in [-0.4, -0.2) is 23.6 Å². The maximum atomic E-state index is 12.4. The number of ketones is 1. The van der Waals surface area contributed by atoms with Crippen LogP contribution in [0.4, 0.5) is 0 Å². The molecule has 0 unspecified atom stereocenters. The van der Waals surface area contributed by atoms with Gasteiger partial charge in [0.05, 0.1) is 12.7 Å². The number of hydrogen-bond acceptors (Lipinski definition) is 3. The molecule has 2 atom stereocenters. The van der Waals surface area contributed by atoms with Crippen molar-refractivity contribution < 1.29 is 14.6 Å². The molecule has 0 saturated heterocycles. The van der Waals surface area contributed by atoms with E-state index in [0.717, 1.165) is 24.8 Å². The second-order valence-electron chi connectivity index (χ2n) is 4.98. The molecule has 0 aliphatic heterocycles. The van der Waals surface area contributed by atoms with E-state index in [1.165, 1.54) is 0 Å². The predicted octanol–water partition coefficient (Wildman–Crippen LogP) is 2.28. The first kappa shape index (κ1) is 10.8. The highest BCUT2D eigenvalue weighted by molar-refractivity contribution is 6.09. The molecule has 0 spiro atoms. The first-order chi connectivity index (χ1) is 8.18. The summed E-state index contributed by atoms with van der Waals surface area (Å²) < 4.78 is 5.25. The molecule has 3 rings (SSSR count). The Morgan fingerprint density at radius 1 is 1.41 bits per heavy atom. The van der Waals surface area contributed by atoms with Gasteiger partial charge in [0.1, 0.15) is 11.4 Å². The maximum absolute atomic E-state index is 12.4. The van der Waals surface area contributed by atoms with Gasteiger partial charge < -0.3 is 9.84 Å². The Labute approximate surface area is 100 Å². The lowest BCUT2D eigenvalue weighted by molar-refractivity contribution is 0.00488. The lowest BCUT2D eigenvalue weighted by Crippen LogP contribution is -2.41. The van der Waals surface area contributed by atoms with Gasteiger partial charge >= 0.3 is 0 Å². The van der Waals surface area contributed by atoms with Crippen LogP contribution in [0.3, 0.4) is 0 Å². The molecule has 1 aromatic carbocycles. The standard InChI is InChI=1S/C14H16O3/c1-17-11-7-4-5-9-10-6-2-3-8-14(10,16)13(15)12(9)11/h4-5,7,10,16H,2-3,6,8H2,1H3/t10-,14+/m0/s1. The van der Waals surface area contributed by atoms with Crippen molar-refractivity contribution >= 4 is 5.78 Å². The molecule has 3 nitrogen and oxygen atoms in total. The number of benzene rings is 1. The van der Waals surface area contributed by atoms with Crippen LogP contribution in [0.2, 0.25) is 0 Å². The third-order valence-corrected chi connectivity index (χ3v) is 4.15. The van der Waals surface area contributed by atoms with E-state index in [0.29, 0.717) is 17.7 Å². The molecule has 1 N–H and O–H groups in total. The summed E-state index contributed by atoms with van der Waals surface area (Å²) in [7, 11) is 1.56. The fourth-order valence-corrected chi connectivity index (χ4v) is 3.31. The SMILES string of the molecule is COc1cccc2c1C(=O)[C@@]1(O)CCCC[C@@H]21. The molecular weight excluding hydrogens is 216 g/mol. The van der Waals surface area contributed by atoms with Crippen molar-refractivity contribution in [2.24, 2.45) is 0 Å². The third-order valence-electron chi connectivity index (χ3n) is 4.15. The van der Waals surface area contributed by atoms with Gasteiger partial charge in [-0.25, -0.2) is 0 Å². The molecular formula is C14H16O3. The molecule has 0 aromatic heterocycles. The fraction of sp³-hybridized carbons (Fsp3) is 0.500. The van der Waals surface area contributed by atoms with Crippen molar-refractivity contribution in [3.8, 4) is 5.75 Å². The zero-order valence-corrected chi connectivity index (χ0v) is 9.90. The average Bonchev–Trinajstić information content (AvgIpc) is 2.59. The number of ether oxygens (including phenoxy) is 1. The highest BCUT2D eigenvalue weighted by atomic mass is 16.5. The summed E-state index contributed by atoms with van der Waals surface area (Å²) in [6.45, 7) is 0. The van der Waals surface area contributed by atoms with Crippen molar-refractivity contribution in [1.29, 1.82) is 0 Å². The fourth-order valence-electron chi connectivity index (χ4n) is 3.31. The number of fused-ring (bicyclic) bond motifs is 3. The first-order valence-electron chi connectivity index (χ1n) is 6.12. The second kappa shape index (κ2) is 3.57. The van der Waals surface area contributed by atoms with E-state index in [1.54, 1.807) is 13.2 Å². The van der Waals surface area contributed by atoms with Crippen LogP contribution in [0.1, 0.15) is 47.5 Å². The molecule has 1 saturated carbocycles. The van der Waals surface area contributed by atoms with Crippen molar-refractivity contribution in [2.75, 3.05) is 7.11 Å². The van der Waals surface area contributed by atoms with E-state index in [9.17, 15) is 9.90 Å². The molecule has 3 heteroatoms. The van der Waals surface area contributed by atoms with Gasteiger partial charge in [-0.3, -0.25) is 4.79 Å². The summed E-state index contributed by atoms with van der Waals surface area (Å²) in [6.07, 6.45) is 3.47. The normalized spacial score (nSPS) is 30.9. The quantitative estimate of drug-likeness (QED) is 0.808. The van der Waals surface area contributed by atoms with E-state index < -0.39 is 5.60 Å². The Balaban J connectivity index is 2.19. The molecule has 0 heterocycles. The number of hydrogen-bond donors (Lipinski definition) is 1. The highest BCUT2D eigenvalue weighted by Crippen LogP contribution is 2.51. The summed E-state index contributed by atoms with van der Waals surface area (Å²) >= 11 is 0. The van der Waals surface area contributed by atoms with E-state index in [4.69, 9.17) is 4.74 Å². The van der Waals surface area contributed by atoms with Crippen molar-refractivity contribution in [2.45, 2.75) is 37.2 Å². The van der Waals surface area contributed by atoms with Crippen LogP contribution in [-0.2, 0) is 0 Å². The monoisotopic (exact) mass is 232 g/mol. The van der Waals surface area contributed by atoms with Crippen LogP contribution >= 0.6 is 0 Å². The second-order valence-corrected chi connectivity index (χ2v) is 4.98. The number of Topliss-reactive ketones (excluding diaryl/α,β-unsaturated/α-hetero) is 1. The smallest absolute Gasteiger partial charge is 0.198 e. The number of rotatable bonds is 1. The van der Waals surface area contributed by atoms with Gasteiger partial charge in [0.2, 0.25) is 0 Å². The van der Waals surface area contributed by atoms with E-state index in [2.05, 4.69) is 0 Å². The van der Waals surface area contributed by atoms with Crippen LogP contribution in [0.15, 0.2) is 18.2 Å². The molecule has 0 radical (unpaired) electrons. The van der Waals surface area contributed by atoms with Gasteiger partial charge in [0, 0.05) is 5.92 Å². The van der Waals surface area contributed by atoms with Gasteiger partial charge in [0.25, 0.3) is 0 Å². The minimum Gasteiger partial charge on any atom is -0.496 e. The average molecular weight is 232 g/mol. The van der Waals surface area contributed by atoms with Crippen LogP contribution in [0.5, 0.6) is 5.75 Å². The largest absolute Gasteiger partial charge is 0.496 e. The number of aliphatic hydroxyl groups is 1. The molecule has 1 aromatic rings. The molecule has 2 aliphatic carbocycles. The summed E-state index contributed by atoms with van der Waals surface area (Å²) in [5, 5.41) is 10.6. The van der Waals surface area contributed by atoms with Gasteiger partial charge in [-0.1, -0.05) is 25.0 Å². The number of methoxy groups -OCH3 is 1. The number of carbonyl (C=O) groups is 1. The highest BCUT2D eigenvalue weighted by Gasteiger charge is 2.53. The molecule has 17 heavy (non-hydrogen) atoms. The van der Waals surface area contributed by atoms with Gasteiger partial charge in [-0.2, -0.15) is 0 Å². The molecule has 2 aliphatic rings. The van der Waals surface area contributed by atoms with E-state index in [1.807, 2.05) is 12.1 Å². The first-order valence-corrected chi connectivity index (χ1v) is 6.12. The lowest BCUT2D eigenvalue weighted by atomic mass is 9.75. The molecule has 0 amide bonds. The lowest BCUT2D eigenvalue weighted by Gasteiger charge is -2.33. The summed E-state index contributed by atoms with van der Waals surface area (Å²) in [6, 6.07) is 5.63. The predicted molar refractivity (Wildman–Crippen MR) is 63.5 cm³/mol. The summed E-state index contributed by atoms with van der Waals surface area (Å²) in [5.41, 5.74) is 0.399. The summed E-state index contributed by atoms with van der Waals surface area (Å²) in [5.74, 6) is 0.416.